The number of ether oxygens (including phenoxy) is 1. The van der Waals surface area contributed by atoms with E-state index in [1.807, 2.05) is 0 Å². The highest BCUT2D eigenvalue weighted by molar-refractivity contribution is 4.79. The zero-order chi connectivity index (χ0) is 11.9. The van der Waals surface area contributed by atoms with Gasteiger partial charge in [0, 0.05) is 26.7 Å². The highest BCUT2D eigenvalue weighted by Gasteiger charge is 2.24. The van der Waals surface area contributed by atoms with E-state index in [0.717, 1.165) is 25.0 Å². The maximum atomic E-state index is 5.05. The highest BCUT2D eigenvalue weighted by Crippen LogP contribution is 2.28. The minimum atomic E-state index is 0.832. The molecule has 0 aromatic heterocycles. The van der Waals surface area contributed by atoms with Gasteiger partial charge in [-0.25, -0.2) is 0 Å². The van der Waals surface area contributed by atoms with E-state index in [2.05, 4.69) is 10.2 Å². The normalized spacial score (nSPS) is 27.0. The van der Waals surface area contributed by atoms with Gasteiger partial charge in [-0.1, -0.05) is 6.42 Å². The number of methoxy groups -OCH3 is 1. The van der Waals surface area contributed by atoms with Crippen molar-refractivity contribution in [2.24, 2.45) is 11.8 Å². The lowest BCUT2D eigenvalue weighted by Crippen LogP contribution is -2.43. The van der Waals surface area contributed by atoms with Crippen LogP contribution in [0, 0.1) is 11.8 Å². The lowest BCUT2D eigenvalue weighted by Gasteiger charge is -2.37. The summed E-state index contributed by atoms with van der Waals surface area (Å²) in [7, 11) is 1.77. The number of nitrogens with zero attached hydrogens (tertiary/aromatic N) is 1. The average molecular weight is 240 g/mol. The molecule has 3 nitrogen and oxygen atoms in total. The molecule has 0 radical (unpaired) electrons. The van der Waals surface area contributed by atoms with E-state index in [-0.39, 0.29) is 0 Å². The van der Waals surface area contributed by atoms with Crippen molar-refractivity contribution in [3.8, 4) is 0 Å². The Balaban J connectivity index is 1.58. The maximum absolute atomic E-state index is 5.05. The van der Waals surface area contributed by atoms with Crippen LogP contribution in [-0.2, 0) is 4.74 Å². The van der Waals surface area contributed by atoms with Gasteiger partial charge in [0.25, 0.3) is 0 Å². The fourth-order valence-electron chi connectivity index (χ4n) is 3.00. The van der Waals surface area contributed by atoms with Crippen LogP contribution in [0.1, 0.15) is 32.1 Å². The third-order valence-corrected chi connectivity index (χ3v) is 4.26. The number of rotatable bonds is 7. The van der Waals surface area contributed by atoms with Gasteiger partial charge in [-0.3, -0.25) is 0 Å². The molecule has 0 amide bonds. The Morgan fingerprint density at radius 2 is 2.00 bits per heavy atom. The van der Waals surface area contributed by atoms with Crippen molar-refractivity contribution < 1.29 is 4.74 Å². The Labute approximate surface area is 106 Å². The molecule has 0 spiro atoms. The van der Waals surface area contributed by atoms with E-state index in [4.69, 9.17) is 4.74 Å². The van der Waals surface area contributed by atoms with Gasteiger partial charge in [-0.15, -0.1) is 0 Å². The molecule has 1 unspecified atom stereocenters. The topological polar surface area (TPSA) is 24.5 Å². The largest absolute Gasteiger partial charge is 0.383 e. The molecule has 0 bridgehead atoms. The van der Waals surface area contributed by atoms with Crippen molar-refractivity contribution in [3.63, 3.8) is 0 Å². The summed E-state index contributed by atoms with van der Waals surface area (Å²) in [6.07, 6.45) is 7.23. The fourth-order valence-corrected chi connectivity index (χ4v) is 3.00. The SMILES string of the molecule is COCCNCC1CCCN(CC2CCC2)C1. The minimum absolute atomic E-state index is 0.832. The first kappa shape index (κ1) is 13.3. The highest BCUT2D eigenvalue weighted by atomic mass is 16.5. The van der Waals surface area contributed by atoms with Gasteiger partial charge in [0.2, 0.25) is 0 Å². The molecule has 1 atom stereocenters. The van der Waals surface area contributed by atoms with E-state index < -0.39 is 0 Å². The molecular weight excluding hydrogens is 212 g/mol. The lowest BCUT2D eigenvalue weighted by atomic mass is 9.84. The minimum Gasteiger partial charge on any atom is -0.383 e. The van der Waals surface area contributed by atoms with Crippen molar-refractivity contribution in [2.45, 2.75) is 32.1 Å². The van der Waals surface area contributed by atoms with Gasteiger partial charge in [-0.05, 0) is 50.6 Å². The Kier molecular flexibility index (Phi) is 5.75. The molecule has 17 heavy (non-hydrogen) atoms. The van der Waals surface area contributed by atoms with E-state index in [0.29, 0.717) is 0 Å². The van der Waals surface area contributed by atoms with Crippen LogP contribution in [0.4, 0.5) is 0 Å². The number of likely N-dealkylation sites (tertiary alicyclic amines) is 1. The van der Waals surface area contributed by atoms with Crippen molar-refractivity contribution in [1.82, 2.24) is 10.2 Å². The number of hydrogen-bond donors (Lipinski definition) is 1. The van der Waals surface area contributed by atoms with Crippen LogP contribution in [0.2, 0.25) is 0 Å². The Hall–Kier alpha value is -0.120. The predicted octanol–water partition coefficient (Wildman–Crippen LogP) is 1.73. The number of hydrogen-bond acceptors (Lipinski definition) is 3. The monoisotopic (exact) mass is 240 g/mol. The van der Waals surface area contributed by atoms with Crippen molar-refractivity contribution in [2.75, 3.05) is 46.4 Å². The Morgan fingerprint density at radius 3 is 2.71 bits per heavy atom. The van der Waals surface area contributed by atoms with Crippen LogP contribution in [0.15, 0.2) is 0 Å². The summed E-state index contributed by atoms with van der Waals surface area (Å²) in [4.78, 5) is 2.70. The van der Waals surface area contributed by atoms with Crippen LogP contribution in [0.5, 0.6) is 0 Å². The molecular formula is C14H28N2O. The third kappa shape index (κ3) is 4.57. The summed E-state index contributed by atoms with van der Waals surface area (Å²) < 4.78 is 5.05. The molecule has 2 rings (SSSR count). The fraction of sp³-hybridized carbons (Fsp3) is 1.00. The molecule has 2 aliphatic rings. The first-order valence-corrected chi connectivity index (χ1v) is 7.30. The zero-order valence-corrected chi connectivity index (χ0v) is 11.3. The van der Waals surface area contributed by atoms with E-state index in [9.17, 15) is 0 Å². The van der Waals surface area contributed by atoms with Crippen LogP contribution < -0.4 is 5.32 Å². The summed E-state index contributed by atoms with van der Waals surface area (Å²) in [5, 5.41) is 3.51. The molecule has 1 saturated heterocycles. The van der Waals surface area contributed by atoms with Crippen LogP contribution >= 0.6 is 0 Å². The molecule has 1 saturated carbocycles. The molecule has 3 heteroatoms. The quantitative estimate of drug-likeness (QED) is 0.686. The predicted molar refractivity (Wildman–Crippen MR) is 71.3 cm³/mol. The van der Waals surface area contributed by atoms with Crippen LogP contribution in [0.25, 0.3) is 0 Å². The van der Waals surface area contributed by atoms with Crippen LogP contribution in [-0.4, -0.2) is 51.3 Å². The molecule has 2 fully saturated rings. The second-order valence-corrected chi connectivity index (χ2v) is 5.76. The Morgan fingerprint density at radius 1 is 1.18 bits per heavy atom. The lowest BCUT2D eigenvalue weighted by molar-refractivity contribution is 0.121. The van der Waals surface area contributed by atoms with Crippen molar-refractivity contribution in [1.29, 1.82) is 0 Å². The molecule has 100 valence electrons. The second-order valence-electron chi connectivity index (χ2n) is 5.76. The maximum Gasteiger partial charge on any atom is 0.0587 e. The molecule has 0 aromatic rings. The molecule has 1 heterocycles. The van der Waals surface area contributed by atoms with Crippen LogP contribution in [0.3, 0.4) is 0 Å². The van der Waals surface area contributed by atoms with Gasteiger partial charge in [0.1, 0.15) is 0 Å². The number of nitrogens with one attached hydrogen (secondary N) is 1. The van der Waals surface area contributed by atoms with Crippen molar-refractivity contribution >= 4 is 0 Å². The summed E-state index contributed by atoms with van der Waals surface area (Å²) in [6, 6.07) is 0. The first-order valence-electron chi connectivity index (χ1n) is 7.30. The smallest absolute Gasteiger partial charge is 0.0587 e. The summed E-state index contributed by atoms with van der Waals surface area (Å²) in [6.45, 7) is 7.02. The zero-order valence-electron chi connectivity index (χ0n) is 11.3. The number of piperidine rings is 1. The Bertz CT molecular complexity index is 206. The summed E-state index contributed by atoms with van der Waals surface area (Å²) in [5.74, 6) is 1.89. The molecule has 1 N–H and O–H groups in total. The third-order valence-electron chi connectivity index (χ3n) is 4.26. The van der Waals surface area contributed by atoms with Gasteiger partial charge in [-0.2, -0.15) is 0 Å². The molecule has 1 aliphatic heterocycles. The van der Waals surface area contributed by atoms with E-state index in [1.54, 1.807) is 7.11 Å². The van der Waals surface area contributed by atoms with Gasteiger partial charge in [0.15, 0.2) is 0 Å². The molecule has 1 aliphatic carbocycles. The first-order chi connectivity index (χ1) is 8.38. The van der Waals surface area contributed by atoms with Gasteiger partial charge in [0.05, 0.1) is 6.61 Å². The average Bonchev–Trinajstić information content (AvgIpc) is 2.30. The van der Waals surface area contributed by atoms with Gasteiger partial charge >= 0.3 is 0 Å². The van der Waals surface area contributed by atoms with E-state index >= 15 is 0 Å². The summed E-state index contributed by atoms with van der Waals surface area (Å²) >= 11 is 0. The van der Waals surface area contributed by atoms with Gasteiger partial charge < -0.3 is 15.0 Å². The molecule has 0 aromatic carbocycles. The standard InChI is InChI=1S/C14H28N2O/c1-17-9-7-15-10-14-6-3-8-16(12-14)11-13-4-2-5-13/h13-15H,2-12H2,1H3. The second kappa shape index (κ2) is 7.34. The van der Waals surface area contributed by atoms with E-state index in [1.165, 1.54) is 58.3 Å². The summed E-state index contributed by atoms with van der Waals surface area (Å²) in [5.41, 5.74) is 0. The van der Waals surface area contributed by atoms with Crippen molar-refractivity contribution in [3.05, 3.63) is 0 Å².